The molecule has 144 valence electrons. The topological polar surface area (TPSA) is 35.6 Å². The molecule has 0 radical (unpaired) electrons. The molecule has 5 heteroatoms. The van der Waals surface area contributed by atoms with Crippen LogP contribution in [0.15, 0.2) is 49.1 Å². The van der Waals surface area contributed by atoms with Crippen molar-refractivity contribution in [2.24, 2.45) is 0 Å². The molecule has 0 atom stereocenters. The van der Waals surface area contributed by atoms with E-state index in [2.05, 4.69) is 30.3 Å². The molecule has 0 spiro atoms. The highest BCUT2D eigenvalue weighted by atomic mass is 19.1. The van der Waals surface area contributed by atoms with Crippen molar-refractivity contribution in [1.82, 2.24) is 10.2 Å². The van der Waals surface area contributed by atoms with Crippen LogP contribution in [0.25, 0.3) is 0 Å². The summed E-state index contributed by atoms with van der Waals surface area (Å²) in [6.07, 6.45) is 3.66. The zero-order valence-electron chi connectivity index (χ0n) is 16.1. The predicted molar refractivity (Wildman–Crippen MR) is 108 cm³/mol. The second-order valence-electron chi connectivity index (χ2n) is 6.18. The molecule has 1 fully saturated rings. The summed E-state index contributed by atoms with van der Waals surface area (Å²) in [7, 11) is 0. The van der Waals surface area contributed by atoms with Gasteiger partial charge < -0.3 is 15.1 Å². The van der Waals surface area contributed by atoms with Gasteiger partial charge in [-0.15, -0.1) is 0 Å². The van der Waals surface area contributed by atoms with Gasteiger partial charge in [0.2, 0.25) is 0 Å². The van der Waals surface area contributed by atoms with Gasteiger partial charge in [-0.05, 0) is 37.6 Å². The maximum atomic E-state index is 12.6. The number of carbonyl (C=O) groups is 1. The lowest BCUT2D eigenvalue weighted by molar-refractivity contribution is -0.126. The van der Waals surface area contributed by atoms with Crippen LogP contribution in [0.5, 0.6) is 0 Å². The van der Waals surface area contributed by atoms with Gasteiger partial charge >= 0.3 is 0 Å². The van der Waals surface area contributed by atoms with Crippen LogP contribution in [0.3, 0.4) is 0 Å². The fourth-order valence-corrected chi connectivity index (χ4v) is 2.62. The molecule has 0 bridgehead atoms. The van der Waals surface area contributed by atoms with E-state index in [0.717, 1.165) is 57.8 Å². The summed E-state index contributed by atoms with van der Waals surface area (Å²) >= 11 is 0. The van der Waals surface area contributed by atoms with Crippen molar-refractivity contribution < 1.29 is 9.18 Å². The van der Waals surface area contributed by atoms with E-state index in [0.29, 0.717) is 5.57 Å². The standard InChI is InChI=1S/C11H19NO.C10H13FN2/c1-5-8-9-12(7-3)11(13)10(4)6-2;11-9-1-3-10(4-2-9)13-7-5-12-6-8-13/h6H,2,4-5,7-9H2,1,3H3;1-4,12H,5-8H2. The van der Waals surface area contributed by atoms with Crippen molar-refractivity contribution in [3.05, 3.63) is 54.9 Å². The quantitative estimate of drug-likeness (QED) is 0.595. The maximum absolute atomic E-state index is 12.6. The smallest absolute Gasteiger partial charge is 0.253 e. The normalized spacial score (nSPS) is 13.4. The molecule has 1 aliphatic heterocycles. The molecule has 2 rings (SSSR count). The van der Waals surface area contributed by atoms with Gasteiger partial charge in [-0.2, -0.15) is 0 Å². The van der Waals surface area contributed by atoms with Gasteiger partial charge in [0.25, 0.3) is 5.91 Å². The Balaban J connectivity index is 0.000000260. The van der Waals surface area contributed by atoms with Crippen molar-refractivity contribution >= 4 is 11.6 Å². The molecule has 1 aliphatic rings. The van der Waals surface area contributed by atoms with Gasteiger partial charge in [-0.3, -0.25) is 4.79 Å². The fourth-order valence-electron chi connectivity index (χ4n) is 2.62. The van der Waals surface area contributed by atoms with E-state index in [-0.39, 0.29) is 11.7 Å². The number of hydrogen-bond donors (Lipinski definition) is 1. The Hall–Kier alpha value is -2.14. The summed E-state index contributed by atoms with van der Waals surface area (Å²) < 4.78 is 12.6. The number of unbranched alkanes of at least 4 members (excludes halogenated alkanes) is 1. The summed E-state index contributed by atoms with van der Waals surface area (Å²) in [5.74, 6) is -0.162. The third kappa shape index (κ3) is 7.40. The highest BCUT2D eigenvalue weighted by molar-refractivity contribution is 5.95. The van der Waals surface area contributed by atoms with E-state index in [9.17, 15) is 9.18 Å². The first-order valence-corrected chi connectivity index (χ1v) is 9.35. The summed E-state index contributed by atoms with van der Waals surface area (Å²) in [6.45, 7) is 16.9. The minimum atomic E-state index is -0.168. The third-order valence-corrected chi connectivity index (χ3v) is 4.28. The van der Waals surface area contributed by atoms with Crippen LogP contribution in [0.1, 0.15) is 26.7 Å². The molecule has 1 saturated heterocycles. The lowest BCUT2D eigenvalue weighted by atomic mass is 10.2. The van der Waals surface area contributed by atoms with Gasteiger partial charge in [0.05, 0.1) is 0 Å². The molecule has 1 heterocycles. The number of halogens is 1. The Morgan fingerprint density at radius 2 is 1.88 bits per heavy atom. The fraction of sp³-hybridized carbons (Fsp3) is 0.476. The van der Waals surface area contributed by atoms with Crippen molar-refractivity contribution in [3.63, 3.8) is 0 Å². The van der Waals surface area contributed by atoms with Crippen LogP contribution in [-0.2, 0) is 4.79 Å². The number of nitrogens with one attached hydrogen (secondary N) is 1. The SMILES string of the molecule is C=CC(=C)C(=O)N(CC)CCCC.Fc1ccc(N2CCNCC2)cc1. The number of anilines is 1. The van der Waals surface area contributed by atoms with Crippen LogP contribution in [0.2, 0.25) is 0 Å². The average Bonchev–Trinajstić information content (AvgIpc) is 2.69. The number of benzene rings is 1. The number of rotatable bonds is 7. The second-order valence-corrected chi connectivity index (χ2v) is 6.18. The highest BCUT2D eigenvalue weighted by Crippen LogP contribution is 2.14. The molecule has 26 heavy (non-hydrogen) atoms. The number of nitrogens with zero attached hydrogens (tertiary/aromatic N) is 2. The Kier molecular flexibility index (Phi) is 10.3. The number of carbonyl (C=O) groups excluding carboxylic acids is 1. The molecular weight excluding hydrogens is 329 g/mol. The molecule has 0 saturated carbocycles. The highest BCUT2D eigenvalue weighted by Gasteiger charge is 2.11. The minimum Gasteiger partial charge on any atom is -0.369 e. The lowest BCUT2D eigenvalue weighted by Crippen LogP contribution is -2.43. The minimum absolute atomic E-state index is 0.00551. The molecule has 1 N–H and O–H groups in total. The first-order valence-electron chi connectivity index (χ1n) is 9.35. The molecule has 1 amide bonds. The average molecular weight is 362 g/mol. The summed E-state index contributed by atoms with van der Waals surface area (Å²) in [5, 5.41) is 3.28. The van der Waals surface area contributed by atoms with Crippen molar-refractivity contribution in [2.75, 3.05) is 44.2 Å². The Morgan fingerprint density at radius 3 is 2.38 bits per heavy atom. The summed E-state index contributed by atoms with van der Waals surface area (Å²) in [4.78, 5) is 15.6. The van der Waals surface area contributed by atoms with E-state index in [1.165, 1.54) is 18.2 Å². The molecule has 1 aromatic rings. The Labute approximate surface area is 157 Å². The molecule has 0 aliphatic carbocycles. The number of likely N-dealkylation sites (N-methyl/N-ethyl adjacent to an activating group) is 1. The number of amides is 1. The second kappa shape index (κ2) is 12.3. The monoisotopic (exact) mass is 361 g/mol. The van der Waals surface area contributed by atoms with Gasteiger partial charge in [0.15, 0.2) is 0 Å². The number of hydrogen-bond acceptors (Lipinski definition) is 3. The largest absolute Gasteiger partial charge is 0.369 e. The predicted octanol–water partition coefficient (Wildman–Crippen LogP) is 3.61. The van der Waals surface area contributed by atoms with Crippen molar-refractivity contribution in [3.8, 4) is 0 Å². The molecule has 1 aromatic carbocycles. The molecule has 0 unspecified atom stereocenters. The van der Waals surface area contributed by atoms with Gasteiger partial charge in [0, 0.05) is 50.5 Å². The van der Waals surface area contributed by atoms with Crippen molar-refractivity contribution in [2.45, 2.75) is 26.7 Å². The molecular formula is C21H32FN3O. The maximum Gasteiger partial charge on any atom is 0.253 e. The van der Waals surface area contributed by atoms with Crippen molar-refractivity contribution in [1.29, 1.82) is 0 Å². The van der Waals surface area contributed by atoms with E-state index in [4.69, 9.17) is 0 Å². The van der Waals surface area contributed by atoms with Gasteiger partial charge in [-0.25, -0.2) is 4.39 Å². The number of piperazine rings is 1. The lowest BCUT2D eigenvalue weighted by Gasteiger charge is -2.29. The van der Waals surface area contributed by atoms with Crippen LogP contribution >= 0.6 is 0 Å². The first-order chi connectivity index (χ1) is 12.5. The Bertz CT molecular complexity index is 565. The zero-order chi connectivity index (χ0) is 19.4. The Morgan fingerprint density at radius 1 is 1.27 bits per heavy atom. The molecule has 4 nitrogen and oxygen atoms in total. The first kappa shape index (κ1) is 21.9. The van der Waals surface area contributed by atoms with Crippen LogP contribution in [0, 0.1) is 5.82 Å². The third-order valence-electron chi connectivity index (χ3n) is 4.28. The van der Waals surface area contributed by atoms with Crippen LogP contribution < -0.4 is 10.2 Å². The van der Waals surface area contributed by atoms with E-state index >= 15 is 0 Å². The summed E-state index contributed by atoms with van der Waals surface area (Å²) in [6, 6.07) is 6.69. The van der Waals surface area contributed by atoms with E-state index in [1.807, 2.05) is 19.1 Å². The van der Waals surface area contributed by atoms with Crippen LogP contribution in [-0.4, -0.2) is 50.1 Å². The van der Waals surface area contributed by atoms with E-state index < -0.39 is 0 Å². The van der Waals surface area contributed by atoms with Crippen LogP contribution in [0.4, 0.5) is 10.1 Å². The van der Waals surface area contributed by atoms with E-state index in [1.54, 1.807) is 4.90 Å². The summed E-state index contributed by atoms with van der Waals surface area (Å²) in [5.41, 5.74) is 1.60. The van der Waals surface area contributed by atoms with Gasteiger partial charge in [0.1, 0.15) is 5.82 Å². The van der Waals surface area contributed by atoms with Gasteiger partial charge in [-0.1, -0.05) is 32.6 Å². The molecule has 0 aromatic heterocycles. The zero-order valence-corrected chi connectivity index (χ0v) is 16.1.